The van der Waals surface area contributed by atoms with Gasteiger partial charge in [0.15, 0.2) is 5.78 Å². The van der Waals surface area contributed by atoms with Crippen LogP contribution in [0.5, 0.6) is 0 Å². The van der Waals surface area contributed by atoms with Crippen molar-refractivity contribution in [2.75, 3.05) is 18.0 Å². The second-order valence-electron chi connectivity index (χ2n) is 4.89. The first-order valence-corrected chi connectivity index (χ1v) is 6.71. The molecule has 1 aromatic carbocycles. The number of benzene rings is 1. The lowest BCUT2D eigenvalue weighted by Crippen LogP contribution is -2.28. The van der Waals surface area contributed by atoms with Crippen molar-refractivity contribution >= 4 is 17.5 Å². The number of anilines is 1. The first-order chi connectivity index (χ1) is 9.74. The molecular weight excluding hydrogens is 252 g/mol. The molecule has 20 heavy (non-hydrogen) atoms. The number of carbonyl (C=O) groups is 1. The third kappa shape index (κ3) is 2.50. The van der Waals surface area contributed by atoms with Crippen molar-refractivity contribution in [1.29, 1.82) is 0 Å². The topological polar surface area (TPSA) is 46.3 Å². The molecule has 1 aromatic heterocycles. The third-order valence-corrected chi connectivity index (χ3v) is 3.45. The zero-order chi connectivity index (χ0) is 13.9. The van der Waals surface area contributed by atoms with E-state index in [1.54, 1.807) is 6.07 Å². The van der Waals surface area contributed by atoms with Gasteiger partial charge in [0.25, 0.3) is 0 Å². The van der Waals surface area contributed by atoms with Crippen molar-refractivity contribution < 1.29 is 9.32 Å². The van der Waals surface area contributed by atoms with E-state index in [4.69, 9.17) is 4.52 Å². The lowest BCUT2D eigenvalue weighted by atomic mass is 10.1. The van der Waals surface area contributed by atoms with Crippen molar-refractivity contribution in [3.05, 3.63) is 53.4 Å². The van der Waals surface area contributed by atoms with Crippen LogP contribution in [0.1, 0.15) is 28.7 Å². The van der Waals surface area contributed by atoms with Crippen LogP contribution in [-0.4, -0.2) is 24.0 Å². The fraction of sp³-hybridized carbons (Fsp3) is 0.250. The van der Waals surface area contributed by atoms with E-state index in [1.165, 1.54) is 18.2 Å². The molecule has 0 radical (unpaired) electrons. The maximum absolute atomic E-state index is 11.2. The Morgan fingerprint density at radius 3 is 3.05 bits per heavy atom. The van der Waals surface area contributed by atoms with Gasteiger partial charge in [-0.15, -0.1) is 0 Å². The Balaban J connectivity index is 1.69. The molecule has 1 aliphatic heterocycles. The van der Waals surface area contributed by atoms with Crippen LogP contribution in [0.15, 0.2) is 40.9 Å². The lowest BCUT2D eigenvalue weighted by molar-refractivity contribution is 0.100. The molecule has 3 rings (SSSR count). The maximum Gasteiger partial charge on any atom is 0.181 e. The minimum Gasteiger partial charge on any atom is -0.367 e. The molecule has 2 heterocycles. The second kappa shape index (κ2) is 5.33. The van der Waals surface area contributed by atoms with E-state index < -0.39 is 0 Å². The molecule has 0 saturated carbocycles. The summed E-state index contributed by atoms with van der Waals surface area (Å²) in [6.45, 7) is 3.23. The third-order valence-electron chi connectivity index (χ3n) is 3.45. The van der Waals surface area contributed by atoms with Gasteiger partial charge in [-0.25, -0.2) is 0 Å². The number of ketones is 1. The quantitative estimate of drug-likeness (QED) is 0.800. The van der Waals surface area contributed by atoms with Crippen molar-refractivity contribution in [3.63, 3.8) is 0 Å². The van der Waals surface area contributed by atoms with Gasteiger partial charge in [-0.1, -0.05) is 35.5 Å². The first kappa shape index (κ1) is 12.7. The van der Waals surface area contributed by atoms with Gasteiger partial charge in [0.2, 0.25) is 0 Å². The van der Waals surface area contributed by atoms with E-state index in [-0.39, 0.29) is 5.78 Å². The number of rotatable bonds is 4. The summed E-state index contributed by atoms with van der Waals surface area (Å²) in [4.78, 5) is 13.5. The molecule has 0 N–H and O–H groups in total. The molecule has 1 aliphatic rings. The largest absolute Gasteiger partial charge is 0.367 e. The van der Waals surface area contributed by atoms with Crippen molar-refractivity contribution in [3.8, 4) is 0 Å². The summed E-state index contributed by atoms with van der Waals surface area (Å²) in [7, 11) is 0. The number of hydrogen-bond donors (Lipinski definition) is 0. The van der Waals surface area contributed by atoms with Gasteiger partial charge < -0.3 is 9.42 Å². The van der Waals surface area contributed by atoms with Crippen molar-refractivity contribution in [1.82, 2.24) is 5.16 Å². The maximum atomic E-state index is 11.2. The molecule has 4 nitrogen and oxygen atoms in total. The summed E-state index contributed by atoms with van der Waals surface area (Å²) in [5.41, 5.74) is 2.88. The van der Waals surface area contributed by atoms with Crippen LogP contribution in [0, 0.1) is 0 Å². The standard InChI is InChI=1S/C16H16N2O2/c1-12(19)15-11-14(20-17-15)8-10-18-9-4-6-13-5-2-3-7-16(13)18/h2-7,11H,8-10H2,1H3. The Bertz CT molecular complexity index is 658. The average molecular weight is 268 g/mol. The van der Waals surface area contributed by atoms with Crippen LogP contribution in [0.2, 0.25) is 0 Å². The minimum absolute atomic E-state index is 0.0637. The highest BCUT2D eigenvalue weighted by Crippen LogP contribution is 2.25. The van der Waals surface area contributed by atoms with Crippen LogP contribution in [0.25, 0.3) is 6.08 Å². The average Bonchev–Trinajstić information content (AvgIpc) is 2.94. The monoisotopic (exact) mass is 268 g/mol. The molecule has 0 aliphatic carbocycles. The number of hydrogen-bond acceptors (Lipinski definition) is 4. The van der Waals surface area contributed by atoms with Gasteiger partial charge in [0.1, 0.15) is 11.5 Å². The number of Topliss-reactive ketones (excluding diaryl/α,β-unsaturated/α-hetero) is 1. The Kier molecular flexibility index (Phi) is 3.37. The van der Waals surface area contributed by atoms with Gasteiger partial charge in [-0.2, -0.15) is 0 Å². The first-order valence-electron chi connectivity index (χ1n) is 6.71. The molecule has 0 bridgehead atoms. The SMILES string of the molecule is CC(=O)c1cc(CCN2CC=Cc3ccccc32)on1. The molecule has 102 valence electrons. The summed E-state index contributed by atoms with van der Waals surface area (Å²) < 4.78 is 5.19. The molecule has 2 aromatic rings. The van der Waals surface area contributed by atoms with Gasteiger partial charge in [0, 0.05) is 38.2 Å². The van der Waals surface area contributed by atoms with E-state index >= 15 is 0 Å². The molecule has 0 saturated heterocycles. The van der Waals surface area contributed by atoms with Crippen LogP contribution in [-0.2, 0) is 6.42 Å². The molecule has 0 atom stereocenters. The highest BCUT2D eigenvalue weighted by molar-refractivity contribution is 5.91. The number of aromatic nitrogens is 1. The molecule has 4 heteroatoms. The molecule has 0 amide bonds. The fourth-order valence-corrected chi connectivity index (χ4v) is 2.38. The summed E-state index contributed by atoms with van der Waals surface area (Å²) >= 11 is 0. The van der Waals surface area contributed by atoms with Crippen molar-refractivity contribution in [2.45, 2.75) is 13.3 Å². The second-order valence-corrected chi connectivity index (χ2v) is 4.89. The van der Waals surface area contributed by atoms with Crippen LogP contribution in [0.3, 0.4) is 0 Å². The van der Waals surface area contributed by atoms with Gasteiger partial charge in [-0.05, 0) is 11.6 Å². The zero-order valence-electron chi connectivity index (χ0n) is 11.4. The van der Waals surface area contributed by atoms with Gasteiger partial charge in [0.05, 0.1) is 0 Å². The number of para-hydroxylation sites is 1. The smallest absolute Gasteiger partial charge is 0.181 e. The Hall–Kier alpha value is -2.36. The molecule has 0 unspecified atom stereocenters. The molecular formula is C16H16N2O2. The normalized spacial score (nSPS) is 13.3. The summed E-state index contributed by atoms with van der Waals surface area (Å²) in [6.07, 6.45) is 5.04. The fourth-order valence-electron chi connectivity index (χ4n) is 2.38. The van der Waals surface area contributed by atoms with E-state index in [2.05, 4.69) is 34.3 Å². The number of nitrogens with zero attached hydrogens (tertiary/aromatic N) is 2. The lowest BCUT2D eigenvalue weighted by Gasteiger charge is -2.27. The van der Waals surface area contributed by atoms with Crippen LogP contribution < -0.4 is 4.90 Å². The highest BCUT2D eigenvalue weighted by atomic mass is 16.5. The summed E-state index contributed by atoms with van der Waals surface area (Å²) in [6, 6.07) is 10.1. The summed E-state index contributed by atoms with van der Waals surface area (Å²) in [5, 5.41) is 3.77. The van der Waals surface area contributed by atoms with Gasteiger partial charge in [-0.3, -0.25) is 4.79 Å². The Morgan fingerprint density at radius 2 is 2.25 bits per heavy atom. The predicted molar refractivity (Wildman–Crippen MR) is 77.9 cm³/mol. The Labute approximate surface area is 117 Å². The number of fused-ring (bicyclic) bond motifs is 1. The van der Waals surface area contributed by atoms with E-state index in [0.717, 1.165) is 25.3 Å². The highest BCUT2D eigenvalue weighted by Gasteiger charge is 2.14. The minimum atomic E-state index is -0.0637. The van der Waals surface area contributed by atoms with Crippen LogP contribution in [0.4, 0.5) is 5.69 Å². The van der Waals surface area contributed by atoms with Gasteiger partial charge >= 0.3 is 0 Å². The molecule has 0 spiro atoms. The van der Waals surface area contributed by atoms with E-state index in [1.807, 2.05) is 12.1 Å². The van der Waals surface area contributed by atoms with E-state index in [9.17, 15) is 4.79 Å². The van der Waals surface area contributed by atoms with E-state index in [0.29, 0.717) is 5.69 Å². The number of carbonyl (C=O) groups excluding carboxylic acids is 1. The Morgan fingerprint density at radius 1 is 1.40 bits per heavy atom. The summed E-state index contributed by atoms with van der Waals surface area (Å²) in [5.74, 6) is 0.688. The zero-order valence-corrected chi connectivity index (χ0v) is 11.4. The predicted octanol–water partition coefficient (Wildman–Crippen LogP) is 2.95. The van der Waals surface area contributed by atoms with Crippen molar-refractivity contribution in [2.24, 2.45) is 0 Å². The van der Waals surface area contributed by atoms with Crippen LogP contribution >= 0.6 is 0 Å². The molecule has 0 fully saturated rings.